The first-order valence-electron chi connectivity index (χ1n) is 5.83. The maximum atomic E-state index is 10.7. The number of benzene rings is 2. The van der Waals surface area contributed by atoms with Crippen molar-refractivity contribution in [3.8, 4) is 23.0 Å². The van der Waals surface area contributed by atoms with Crippen LogP contribution >= 0.6 is 15.9 Å². The highest BCUT2D eigenvalue weighted by Gasteiger charge is 2.14. The minimum Gasteiger partial charge on any atom is -0.493 e. The predicted octanol–water partition coefficient (Wildman–Crippen LogP) is 4.07. The van der Waals surface area contributed by atoms with E-state index in [2.05, 4.69) is 15.9 Å². The second-order valence-electron chi connectivity index (χ2n) is 3.90. The minimum atomic E-state index is 0.483. The van der Waals surface area contributed by atoms with Gasteiger partial charge in [0.25, 0.3) is 0 Å². The molecule has 0 unspecified atom stereocenters. The van der Waals surface area contributed by atoms with E-state index in [1.165, 1.54) is 0 Å². The molecule has 0 spiro atoms. The van der Waals surface area contributed by atoms with Gasteiger partial charge in [-0.05, 0) is 46.3 Å². The number of aldehydes is 1. The molecule has 0 heterocycles. The van der Waals surface area contributed by atoms with Crippen molar-refractivity contribution in [1.82, 2.24) is 0 Å². The molecule has 0 N–H and O–H groups in total. The number of ether oxygens (including phenoxy) is 3. The standard InChI is InChI=1S/C15H13BrO4/c1-18-13-4-3-5-14(19-2)15(13)20-12-7-6-10(9-17)8-11(12)16/h3-9H,1-2H3. The molecule has 104 valence electrons. The molecule has 2 aromatic carbocycles. The summed E-state index contributed by atoms with van der Waals surface area (Å²) in [5, 5.41) is 0. The van der Waals surface area contributed by atoms with Crippen LogP contribution in [0.1, 0.15) is 10.4 Å². The summed E-state index contributed by atoms with van der Waals surface area (Å²) in [5.41, 5.74) is 0.566. The molecule has 4 nitrogen and oxygen atoms in total. The van der Waals surface area contributed by atoms with Gasteiger partial charge >= 0.3 is 0 Å². The maximum Gasteiger partial charge on any atom is 0.211 e. The summed E-state index contributed by atoms with van der Waals surface area (Å²) in [4.78, 5) is 10.7. The zero-order valence-corrected chi connectivity index (χ0v) is 12.6. The molecule has 2 aromatic rings. The Morgan fingerprint density at radius 2 is 1.65 bits per heavy atom. The number of para-hydroxylation sites is 1. The van der Waals surface area contributed by atoms with Crippen LogP contribution in [0.2, 0.25) is 0 Å². The third-order valence-electron chi connectivity index (χ3n) is 2.69. The van der Waals surface area contributed by atoms with Crippen LogP contribution in [0.25, 0.3) is 0 Å². The Morgan fingerprint density at radius 1 is 1.00 bits per heavy atom. The first-order valence-corrected chi connectivity index (χ1v) is 6.62. The lowest BCUT2D eigenvalue weighted by Gasteiger charge is -2.14. The van der Waals surface area contributed by atoms with Crippen molar-refractivity contribution in [2.24, 2.45) is 0 Å². The molecular formula is C15H13BrO4. The first-order chi connectivity index (χ1) is 9.69. The van der Waals surface area contributed by atoms with E-state index in [4.69, 9.17) is 14.2 Å². The van der Waals surface area contributed by atoms with Crippen LogP contribution in [-0.4, -0.2) is 20.5 Å². The maximum absolute atomic E-state index is 10.7. The van der Waals surface area contributed by atoms with Crippen molar-refractivity contribution in [3.05, 3.63) is 46.4 Å². The number of methoxy groups -OCH3 is 2. The summed E-state index contributed by atoms with van der Waals surface area (Å²) >= 11 is 3.37. The van der Waals surface area contributed by atoms with Gasteiger partial charge in [0.2, 0.25) is 5.75 Å². The summed E-state index contributed by atoms with van der Waals surface area (Å²) < 4.78 is 17.1. The van der Waals surface area contributed by atoms with Gasteiger partial charge in [-0.25, -0.2) is 0 Å². The van der Waals surface area contributed by atoms with E-state index in [1.54, 1.807) is 44.6 Å². The highest BCUT2D eigenvalue weighted by atomic mass is 79.9. The number of hydrogen-bond donors (Lipinski definition) is 0. The van der Waals surface area contributed by atoms with Crippen LogP contribution in [0.15, 0.2) is 40.9 Å². The Kier molecular flexibility index (Phi) is 4.63. The summed E-state index contributed by atoms with van der Waals surface area (Å²) in [6.45, 7) is 0. The van der Waals surface area contributed by atoms with Crippen molar-refractivity contribution in [3.63, 3.8) is 0 Å². The lowest BCUT2D eigenvalue weighted by molar-refractivity contribution is 0.112. The van der Waals surface area contributed by atoms with E-state index in [-0.39, 0.29) is 0 Å². The number of halogens is 1. The van der Waals surface area contributed by atoms with E-state index in [0.717, 1.165) is 6.29 Å². The molecule has 0 aliphatic rings. The highest BCUT2D eigenvalue weighted by Crippen LogP contribution is 2.41. The largest absolute Gasteiger partial charge is 0.493 e. The topological polar surface area (TPSA) is 44.8 Å². The lowest BCUT2D eigenvalue weighted by atomic mass is 10.2. The van der Waals surface area contributed by atoms with E-state index < -0.39 is 0 Å². The molecule has 0 fully saturated rings. The van der Waals surface area contributed by atoms with Gasteiger partial charge in [0.05, 0.1) is 18.7 Å². The normalized spacial score (nSPS) is 9.95. The van der Waals surface area contributed by atoms with Gasteiger partial charge in [0, 0.05) is 5.56 Å². The first kappa shape index (κ1) is 14.4. The third kappa shape index (κ3) is 2.93. The van der Waals surface area contributed by atoms with Gasteiger partial charge in [-0.15, -0.1) is 0 Å². The predicted molar refractivity (Wildman–Crippen MR) is 79.1 cm³/mol. The second kappa shape index (κ2) is 6.43. The summed E-state index contributed by atoms with van der Waals surface area (Å²) in [6.07, 6.45) is 0.776. The van der Waals surface area contributed by atoms with Crippen molar-refractivity contribution >= 4 is 22.2 Å². The Labute approximate surface area is 125 Å². The van der Waals surface area contributed by atoms with Crippen LogP contribution in [0.4, 0.5) is 0 Å². The van der Waals surface area contributed by atoms with Gasteiger partial charge in [0.1, 0.15) is 12.0 Å². The van der Waals surface area contributed by atoms with Crippen LogP contribution in [-0.2, 0) is 0 Å². The van der Waals surface area contributed by atoms with Crippen LogP contribution < -0.4 is 14.2 Å². The smallest absolute Gasteiger partial charge is 0.211 e. The molecule has 0 aromatic heterocycles. The van der Waals surface area contributed by atoms with E-state index in [1.807, 2.05) is 6.07 Å². The Morgan fingerprint density at radius 3 is 2.15 bits per heavy atom. The quantitative estimate of drug-likeness (QED) is 0.772. The monoisotopic (exact) mass is 336 g/mol. The molecule has 0 bridgehead atoms. The number of rotatable bonds is 5. The molecule has 0 aliphatic carbocycles. The number of carbonyl (C=O) groups excluding carboxylic acids is 1. The lowest BCUT2D eigenvalue weighted by Crippen LogP contribution is -1.95. The molecule has 0 atom stereocenters. The van der Waals surface area contributed by atoms with Crippen LogP contribution in [0.3, 0.4) is 0 Å². The van der Waals surface area contributed by atoms with E-state index in [9.17, 15) is 4.79 Å². The molecule has 0 aliphatic heterocycles. The van der Waals surface area contributed by atoms with Crippen LogP contribution in [0.5, 0.6) is 23.0 Å². The molecular weight excluding hydrogens is 324 g/mol. The number of hydrogen-bond acceptors (Lipinski definition) is 4. The molecule has 2 rings (SSSR count). The van der Waals surface area contributed by atoms with Crippen molar-refractivity contribution in [1.29, 1.82) is 0 Å². The molecule has 0 radical (unpaired) electrons. The van der Waals surface area contributed by atoms with Crippen molar-refractivity contribution in [2.45, 2.75) is 0 Å². The number of carbonyl (C=O) groups is 1. The zero-order valence-electron chi connectivity index (χ0n) is 11.1. The molecule has 20 heavy (non-hydrogen) atoms. The van der Waals surface area contributed by atoms with Gasteiger partial charge in [-0.1, -0.05) is 6.07 Å². The highest BCUT2D eigenvalue weighted by molar-refractivity contribution is 9.10. The average Bonchev–Trinajstić information content (AvgIpc) is 2.49. The summed E-state index contributed by atoms with van der Waals surface area (Å²) in [6, 6.07) is 10.4. The van der Waals surface area contributed by atoms with Crippen molar-refractivity contribution in [2.75, 3.05) is 14.2 Å². The Hall–Kier alpha value is -2.01. The average molecular weight is 337 g/mol. The second-order valence-corrected chi connectivity index (χ2v) is 4.76. The van der Waals surface area contributed by atoms with E-state index in [0.29, 0.717) is 33.0 Å². The fraction of sp³-hybridized carbons (Fsp3) is 0.133. The van der Waals surface area contributed by atoms with Gasteiger partial charge in [0.15, 0.2) is 11.5 Å². The minimum absolute atomic E-state index is 0.483. The fourth-order valence-corrected chi connectivity index (χ4v) is 2.18. The Bertz CT molecular complexity index is 603. The van der Waals surface area contributed by atoms with Gasteiger partial charge in [-0.2, -0.15) is 0 Å². The van der Waals surface area contributed by atoms with Crippen molar-refractivity contribution < 1.29 is 19.0 Å². The zero-order chi connectivity index (χ0) is 14.5. The Balaban J connectivity index is 2.41. The third-order valence-corrected chi connectivity index (χ3v) is 3.31. The SMILES string of the molecule is COc1cccc(OC)c1Oc1ccc(C=O)cc1Br. The summed E-state index contributed by atoms with van der Waals surface area (Å²) in [5.74, 6) is 2.18. The van der Waals surface area contributed by atoms with Gasteiger partial charge in [-0.3, -0.25) is 4.79 Å². The molecule has 0 saturated carbocycles. The fourth-order valence-electron chi connectivity index (χ4n) is 1.70. The molecule has 0 saturated heterocycles. The molecule has 5 heteroatoms. The van der Waals surface area contributed by atoms with Crippen LogP contribution in [0, 0.1) is 0 Å². The van der Waals surface area contributed by atoms with E-state index >= 15 is 0 Å². The summed E-state index contributed by atoms with van der Waals surface area (Å²) in [7, 11) is 3.12. The molecule has 0 amide bonds. The van der Waals surface area contributed by atoms with Gasteiger partial charge < -0.3 is 14.2 Å².